The first kappa shape index (κ1) is 22.3. The summed E-state index contributed by atoms with van der Waals surface area (Å²) in [6.45, 7) is 8.67. The Morgan fingerprint density at radius 2 is 1.75 bits per heavy atom. The second kappa shape index (κ2) is 8.98. The molecule has 1 aromatic heterocycles. The summed E-state index contributed by atoms with van der Waals surface area (Å²) < 4.78 is 32.5. The lowest BCUT2D eigenvalue weighted by Crippen LogP contribution is -2.45. The van der Waals surface area contributed by atoms with Crippen molar-refractivity contribution in [2.75, 3.05) is 6.61 Å². The number of nitrogens with one attached hydrogen (secondary N) is 1. The van der Waals surface area contributed by atoms with E-state index in [1.54, 1.807) is 31.4 Å². The van der Waals surface area contributed by atoms with Crippen LogP contribution in [-0.4, -0.2) is 32.8 Å². The number of hydrogen-bond acceptors (Lipinski definition) is 6. The lowest BCUT2D eigenvalue weighted by atomic mass is 9.98. The van der Waals surface area contributed by atoms with Gasteiger partial charge in [0.1, 0.15) is 10.3 Å². The third-order valence-electron chi connectivity index (χ3n) is 4.45. The van der Waals surface area contributed by atoms with Gasteiger partial charge in [-0.1, -0.05) is 26.0 Å². The lowest BCUT2D eigenvalue weighted by Gasteiger charge is -2.20. The molecule has 0 aliphatic rings. The van der Waals surface area contributed by atoms with Crippen LogP contribution in [0, 0.1) is 26.7 Å². The van der Waals surface area contributed by atoms with E-state index in [-0.39, 0.29) is 15.9 Å². The number of hydrogen-bond donors (Lipinski definition) is 1. The minimum absolute atomic E-state index is 0.118. The molecule has 0 bridgehead atoms. The van der Waals surface area contributed by atoms with Crippen LogP contribution in [0.1, 0.15) is 40.9 Å². The number of carbonyl (C=O) groups excluding carboxylic acids is 2. The molecular weight excluding hydrogens is 398 g/mol. The Balaban J connectivity index is 2.09. The minimum Gasteiger partial charge on any atom is -0.456 e. The fourth-order valence-corrected chi connectivity index (χ4v) is 5.01. The zero-order valence-corrected chi connectivity index (χ0v) is 18.2. The number of esters is 1. The third-order valence-corrected chi connectivity index (χ3v) is 7.29. The molecule has 0 unspecified atom stereocenters. The monoisotopic (exact) mass is 423 g/mol. The topological polar surface area (TPSA) is 89.5 Å². The van der Waals surface area contributed by atoms with Crippen LogP contribution in [0.4, 0.5) is 0 Å². The van der Waals surface area contributed by atoms with Crippen LogP contribution in [0.5, 0.6) is 0 Å². The Labute approximate surface area is 170 Å². The fraction of sp³-hybridized carbons (Fsp3) is 0.400. The van der Waals surface area contributed by atoms with E-state index in [0.29, 0.717) is 5.56 Å². The zero-order valence-electron chi connectivity index (χ0n) is 16.6. The Bertz CT molecular complexity index is 963. The van der Waals surface area contributed by atoms with Gasteiger partial charge in [-0.25, -0.2) is 8.42 Å². The Hall–Kier alpha value is -2.03. The van der Waals surface area contributed by atoms with Gasteiger partial charge in [0.2, 0.25) is 5.78 Å². The lowest BCUT2D eigenvalue weighted by molar-refractivity contribution is -0.145. The van der Waals surface area contributed by atoms with Gasteiger partial charge < -0.3 is 4.74 Å². The molecule has 8 heteroatoms. The van der Waals surface area contributed by atoms with Gasteiger partial charge in [0.15, 0.2) is 6.61 Å². The van der Waals surface area contributed by atoms with Gasteiger partial charge in [0, 0.05) is 5.56 Å². The standard InChI is InChI=1S/C20H25NO5S2/c1-12(2)19(21-28(24,25)18-7-6-8-27-18)20(23)26-11-17(22)16-10-14(4)13(3)9-15(16)5/h6-10,12,19,21H,11H2,1-5H3/t19-/m1/s1. The molecule has 0 saturated heterocycles. The number of Topliss-reactive ketones (excluding diaryl/α,β-unsaturated/α-hetero) is 1. The van der Waals surface area contributed by atoms with Gasteiger partial charge in [-0.3, -0.25) is 9.59 Å². The molecule has 0 amide bonds. The van der Waals surface area contributed by atoms with Gasteiger partial charge >= 0.3 is 5.97 Å². The van der Waals surface area contributed by atoms with Crippen molar-refractivity contribution in [3.8, 4) is 0 Å². The molecule has 1 N–H and O–H groups in total. The molecule has 0 aliphatic carbocycles. The number of sulfonamides is 1. The highest BCUT2D eigenvalue weighted by Gasteiger charge is 2.30. The van der Waals surface area contributed by atoms with Gasteiger partial charge in [-0.15, -0.1) is 11.3 Å². The summed E-state index contributed by atoms with van der Waals surface area (Å²) in [6, 6.07) is 5.69. The van der Waals surface area contributed by atoms with Crippen molar-refractivity contribution in [3.63, 3.8) is 0 Å². The molecule has 0 saturated carbocycles. The molecule has 1 atom stereocenters. The van der Waals surface area contributed by atoms with Crippen molar-refractivity contribution in [2.45, 2.75) is 44.9 Å². The second-order valence-electron chi connectivity index (χ2n) is 7.06. The van der Waals surface area contributed by atoms with E-state index in [9.17, 15) is 18.0 Å². The minimum atomic E-state index is -3.83. The maximum atomic E-state index is 12.5. The fourth-order valence-electron chi connectivity index (χ4n) is 2.66. The van der Waals surface area contributed by atoms with Crippen LogP contribution >= 0.6 is 11.3 Å². The van der Waals surface area contributed by atoms with Crippen molar-refractivity contribution in [1.29, 1.82) is 0 Å². The first-order valence-electron chi connectivity index (χ1n) is 8.86. The average Bonchev–Trinajstić information content (AvgIpc) is 3.16. The van der Waals surface area contributed by atoms with Crippen molar-refractivity contribution in [1.82, 2.24) is 4.72 Å². The number of ketones is 1. The molecule has 2 rings (SSSR count). The Morgan fingerprint density at radius 1 is 1.11 bits per heavy atom. The van der Waals surface area contributed by atoms with Gasteiger partial charge in [0.05, 0.1) is 0 Å². The third kappa shape index (κ3) is 5.27. The molecule has 1 heterocycles. The molecule has 152 valence electrons. The molecule has 0 fully saturated rings. The first-order valence-corrected chi connectivity index (χ1v) is 11.2. The SMILES string of the molecule is Cc1cc(C)c(C(=O)COC(=O)[C@H](NS(=O)(=O)c2cccs2)C(C)C)cc1C. The van der Waals surface area contributed by atoms with E-state index in [1.165, 1.54) is 6.07 Å². The Morgan fingerprint density at radius 3 is 2.32 bits per heavy atom. The Kier molecular flexibility index (Phi) is 7.14. The molecule has 0 radical (unpaired) electrons. The molecule has 28 heavy (non-hydrogen) atoms. The summed E-state index contributed by atoms with van der Waals surface area (Å²) in [5.74, 6) is -1.44. The summed E-state index contributed by atoms with van der Waals surface area (Å²) >= 11 is 1.06. The summed E-state index contributed by atoms with van der Waals surface area (Å²) in [6.07, 6.45) is 0. The van der Waals surface area contributed by atoms with Crippen LogP contribution < -0.4 is 4.72 Å². The van der Waals surface area contributed by atoms with Crippen LogP contribution in [0.2, 0.25) is 0 Å². The predicted molar refractivity (Wildman–Crippen MR) is 109 cm³/mol. The van der Waals surface area contributed by atoms with Crippen molar-refractivity contribution >= 4 is 33.1 Å². The van der Waals surface area contributed by atoms with Crippen LogP contribution in [0.25, 0.3) is 0 Å². The molecule has 6 nitrogen and oxygen atoms in total. The molecule has 0 aliphatic heterocycles. The van der Waals surface area contributed by atoms with Crippen molar-refractivity contribution in [2.24, 2.45) is 5.92 Å². The van der Waals surface area contributed by atoms with Crippen molar-refractivity contribution < 1.29 is 22.7 Å². The summed E-state index contributed by atoms with van der Waals surface area (Å²) in [5, 5.41) is 1.64. The summed E-state index contributed by atoms with van der Waals surface area (Å²) in [7, 11) is -3.83. The second-order valence-corrected chi connectivity index (χ2v) is 9.95. The van der Waals surface area contributed by atoms with E-state index < -0.39 is 28.6 Å². The maximum absolute atomic E-state index is 12.5. The predicted octanol–water partition coefficient (Wildman–Crippen LogP) is 3.40. The van der Waals surface area contributed by atoms with Crippen LogP contribution in [-0.2, 0) is 19.6 Å². The average molecular weight is 424 g/mol. The van der Waals surface area contributed by atoms with E-state index in [2.05, 4.69) is 4.72 Å². The molecule has 1 aromatic carbocycles. The van der Waals surface area contributed by atoms with Gasteiger partial charge in [-0.05, 0) is 60.9 Å². The van der Waals surface area contributed by atoms with Crippen LogP contribution in [0.3, 0.4) is 0 Å². The molecule has 2 aromatic rings. The van der Waals surface area contributed by atoms with Crippen LogP contribution in [0.15, 0.2) is 33.9 Å². The normalized spacial score (nSPS) is 12.8. The van der Waals surface area contributed by atoms with Crippen molar-refractivity contribution in [3.05, 3.63) is 51.9 Å². The van der Waals surface area contributed by atoms with Gasteiger partial charge in [-0.2, -0.15) is 4.72 Å². The quantitative estimate of drug-likeness (QED) is 0.519. The highest BCUT2D eigenvalue weighted by atomic mass is 32.2. The number of carbonyl (C=O) groups is 2. The van der Waals surface area contributed by atoms with Gasteiger partial charge in [0.25, 0.3) is 10.0 Å². The first-order chi connectivity index (χ1) is 13.0. The molecular formula is C20H25NO5S2. The van der Waals surface area contributed by atoms with E-state index in [0.717, 1.165) is 28.0 Å². The number of aryl methyl sites for hydroxylation is 3. The number of rotatable bonds is 8. The largest absolute Gasteiger partial charge is 0.456 e. The highest BCUT2D eigenvalue weighted by Crippen LogP contribution is 2.19. The maximum Gasteiger partial charge on any atom is 0.324 e. The van der Waals surface area contributed by atoms with E-state index in [4.69, 9.17) is 4.74 Å². The summed E-state index contributed by atoms with van der Waals surface area (Å²) in [4.78, 5) is 25.0. The number of ether oxygens (including phenoxy) is 1. The molecule has 0 spiro atoms. The zero-order chi connectivity index (χ0) is 21.1. The highest BCUT2D eigenvalue weighted by molar-refractivity contribution is 7.91. The smallest absolute Gasteiger partial charge is 0.324 e. The van der Waals surface area contributed by atoms with E-state index >= 15 is 0 Å². The van der Waals surface area contributed by atoms with E-state index in [1.807, 2.05) is 26.8 Å². The summed E-state index contributed by atoms with van der Waals surface area (Å²) in [5.41, 5.74) is 3.36. The number of benzene rings is 1. The number of thiophene rings is 1.